The average Bonchev–Trinajstić information content (AvgIpc) is 2.64. The highest BCUT2D eigenvalue weighted by molar-refractivity contribution is 6.05. The van der Waals surface area contributed by atoms with Gasteiger partial charge in [-0.25, -0.2) is 0 Å². The van der Waals surface area contributed by atoms with Gasteiger partial charge in [0.15, 0.2) is 0 Å². The van der Waals surface area contributed by atoms with Gasteiger partial charge in [0, 0.05) is 19.3 Å². The van der Waals surface area contributed by atoms with Crippen molar-refractivity contribution in [3.05, 3.63) is 0 Å². The maximum absolute atomic E-state index is 11.5. The molecule has 1 atom stereocenters. The van der Waals surface area contributed by atoms with Gasteiger partial charge in [0.2, 0.25) is 23.6 Å². The second-order valence-electron chi connectivity index (χ2n) is 4.64. The Bertz CT molecular complexity index is 378. The molecule has 4 N–H and O–H groups in total. The number of carbonyl (C=O) groups is 4. The zero-order chi connectivity index (χ0) is 14.4. The van der Waals surface area contributed by atoms with Crippen LogP contribution < -0.4 is 11.5 Å². The summed E-state index contributed by atoms with van der Waals surface area (Å²) in [5.41, 5.74) is 10.3. The Kier molecular flexibility index (Phi) is 5.47. The molecule has 1 aliphatic rings. The number of rotatable bonds is 8. The van der Waals surface area contributed by atoms with E-state index in [1.165, 1.54) is 0 Å². The quantitative estimate of drug-likeness (QED) is 0.452. The summed E-state index contributed by atoms with van der Waals surface area (Å²) in [7, 11) is 0. The van der Waals surface area contributed by atoms with Crippen LogP contribution in [0.25, 0.3) is 0 Å². The molecule has 1 unspecified atom stereocenters. The Morgan fingerprint density at radius 2 is 1.63 bits per heavy atom. The van der Waals surface area contributed by atoms with Gasteiger partial charge in [0.1, 0.15) is 6.04 Å². The number of hydrogen-bond donors (Lipinski definition) is 2. The van der Waals surface area contributed by atoms with E-state index in [0.29, 0.717) is 32.1 Å². The second kappa shape index (κ2) is 6.86. The molecule has 106 valence electrons. The number of unbranched alkanes of at least 4 members (excludes halogenated alkanes) is 2. The lowest BCUT2D eigenvalue weighted by atomic mass is 10.1. The van der Waals surface area contributed by atoms with Gasteiger partial charge in [-0.2, -0.15) is 0 Å². The van der Waals surface area contributed by atoms with E-state index in [-0.39, 0.29) is 30.6 Å². The molecule has 7 nitrogen and oxygen atoms in total. The first-order valence-corrected chi connectivity index (χ1v) is 6.36. The van der Waals surface area contributed by atoms with Crippen molar-refractivity contribution < 1.29 is 19.2 Å². The number of hydrogen-bond acceptors (Lipinski definition) is 4. The summed E-state index contributed by atoms with van der Waals surface area (Å²) in [5, 5.41) is 0. The maximum atomic E-state index is 11.5. The van der Waals surface area contributed by atoms with Crippen LogP contribution >= 0.6 is 0 Å². The van der Waals surface area contributed by atoms with E-state index in [1.807, 2.05) is 0 Å². The largest absolute Gasteiger partial charge is 0.370 e. The zero-order valence-electron chi connectivity index (χ0n) is 10.8. The van der Waals surface area contributed by atoms with Gasteiger partial charge in [-0.3, -0.25) is 24.1 Å². The summed E-state index contributed by atoms with van der Waals surface area (Å²) in [6.45, 7) is 0. The fourth-order valence-electron chi connectivity index (χ4n) is 2.15. The van der Waals surface area contributed by atoms with Crippen LogP contribution in [0.5, 0.6) is 0 Å². The lowest BCUT2D eigenvalue weighted by molar-refractivity contribution is -0.146. The fraction of sp³-hybridized carbons (Fsp3) is 0.667. The van der Waals surface area contributed by atoms with Crippen molar-refractivity contribution in [3.63, 3.8) is 0 Å². The van der Waals surface area contributed by atoms with E-state index in [2.05, 4.69) is 0 Å². The predicted octanol–water partition coefficient (Wildman–Crippen LogP) is -0.575. The van der Waals surface area contributed by atoms with Gasteiger partial charge in [-0.15, -0.1) is 0 Å². The van der Waals surface area contributed by atoms with E-state index in [1.54, 1.807) is 0 Å². The van der Waals surface area contributed by atoms with Crippen LogP contribution in [0.3, 0.4) is 0 Å². The summed E-state index contributed by atoms with van der Waals surface area (Å²) in [6.07, 6.45) is 2.85. The van der Waals surface area contributed by atoms with Crippen LogP contribution in [0.15, 0.2) is 0 Å². The van der Waals surface area contributed by atoms with E-state index in [0.717, 1.165) is 4.90 Å². The van der Waals surface area contributed by atoms with E-state index >= 15 is 0 Å². The van der Waals surface area contributed by atoms with Gasteiger partial charge >= 0.3 is 0 Å². The molecule has 1 rings (SSSR count). The lowest BCUT2D eigenvalue weighted by Crippen LogP contribution is -2.47. The topological polar surface area (TPSA) is 124 Å². The first-order valence-electron chi connectivity index (χ1n) is 6.36. The maximum Gasteiger partial charge on any atom is 0.240 e. The van der Waals surface area contributed by atoms with Crippen LogP contribution in [0.4, 0.5) is 0 Å². The molecule has 0 aromatic rings. The van der Waals surface area contributed by atoms with Crippen LogP contribution in [-0.4, -0.2) is 34.6 Å². The molecule has 0 aromatic heterocycles. The number of likely N-dealkylation sites (tertiary alicyclic amines) is 1. The first-order chi connectivity index (χ1) is 8.93. The highest BCUT2D eigenvalue weighted by atomic mass is 16.2. The molecule has 4 amide bonds. The van der Waals surface area contributed by atoms with Crippen LogP contribution in [0.2, 0.25) is 0 Å². The highest BCUT2D eigenvalue weighted by Crippen LogP contribution is 2.19. The van der Waals surface area contributed by atoms with Crippen molar-refractivity contribution in [1.82, 2.24) is 4.90 Å². The summed E-state index contributed by atoms with van der Waals surface area (Å²) >= 11 is 0. The molecule has 0 saturated carbocycles. The zero-order valence-corrected chi connectivity index (χ0v) is 10.8. The van der Waals surface area contributed by atoms with Crippen LogP contribution in [0, 0.1) is 0 Å². The van der Waals surface area contributed by atoms with Crippen molar-refractivity contribution in [2.45, 2.75) is 51.0 Å². The minimum absolute atomic E-state index is 0.143. The normalized spacial score (nSPS) is 16.7. The SMILES string of the molecule is NC(=O)CCCCCC(C(N)=O)N1C(=O)CCC1=O. The molecular weight excluding hydrogens is 250 g/mol. The molecule has 0 radical (unpaired) electrons. The third kappa shape index (κ3) is 4.35. The summed E-state index contributed by atoms with van der Waals surface area (Å²) in [5.74, 6) is -1.72. The molecule has 1 aliphatic heterocycles. The number of nitrogens with two attached hydrogens (primary N) is 2. The standard InChI is InChI=1S/C12H19N3O4/c13-9(16)5-3-1-2-4-8(12(14)19)15-10(17)6-7-11(15)18/h8H,1-7H2,(H2,13,16)(H2,14,19). The Morgan fingerprint density at radius 3 is 2.11 bits per heavy atom. The number of nitrogens with zero attached hydrogens (tertiary/aromatic N) is 1. The van der Waals surface area contributed by atoms with Gasteiger partial charge in [-0.1, -0.05) is 12.8 Å². The third-order valence-corrected chi connectivity index (χ3v) is 3.13. The minimum atomic E-state index is -0.865. The van der Waals surface area contributed by atoms with Crippen molar-refractivity contribution in [3.8, 4) is 0 Å². The number of carbonyl (C=O) groups excluding carboxylic acids is 4. The first kappa shape index (κ1) is 15.1. The number of amides is 4. The fourth-order valence-corrected chi connectivity index (χ4v) is 2.15. The molecule has 0 spiro atoms. The Morgan fingerprint density at radius 1 is 1.05 bits per heavy atom. The molecule has 1 saturated heterocycles. The smallest absolute Gasteiger partial charge is 0.240 e. The van der Waals surface area contributed by atoms with Crippen LogP contribution in [-0.2, 0) is 19.2 Å². The second-order valence-corrected chi connectivity index (χ2v) is 4.64. The Hall–Kier alpha value is -1.92. The molecule has 19 heavy (non-hydrogen) atoms. The lowest BCUT2D eigenvalue weighted by Gasteiger charge is -2.23. The monoisotopic (exact) mass is 269 g/mol. The number of imide groups is 1. The molecule has 0 bridgehead atoms. The Labute approximate surface area is 111 Å². The average molecular weight is 269 g/mol. The van der Waals surface area contributed by atoms with Gasteiger partial charge in [0.25, 0.3) is 0 Å². The van der Waals surface area contributed by atoms with Crippen molar-refractivity contribution in [2.75, 3.05) is 0 Å². The van der Waals surface area contributed by atoms with E-state index < -0.39 is 11.9 Å². The molecule has 1 fully saturated rings. The number of primary amides is 2. The molecule has 7 heteroatoms. The van der Waals surface area contributed by atoms with E-state index in [9.17, 15) is 19.2 Å². The van der Waals surface area contributed by atoms with E-state index in [4.69, 9.17) is 11.5 Å². The van der Waals surface area contributed by atoms with Crippen molar-refractivity contribution in [2.24, 2.45) is 11.5 Å². The molecule has 0 aliphatic carbocycles. The third-order valence-electron chi connectivity index (χ3n) is 3.13. The van der Waals surface area contributed by atoms with Crippen molar-refractivity contribution in [1.29, 1.82) is 0 Å². The summed E-state index contributed by atoms with van der Waals surface area (Å²) in [6, 6.07) is -0.865. The van der Waals surface area contributed by atoms with Gasteiger partial charge in [-0.05, 0) is 12.8 Å². The molecule has 1 heterocycles. The summed E-state index contributed by atoms with van der Waals surface area (Å²) in [4.78, 5) is 46.0. The van der Waals surface area contributed by atoms with Crippen molar-refractivity contribution >= 4 is 23.6 Å². The minimum Gasteiger partial charge on any atom is -0.370 e. The predicted molar refractivity (Wildman–Crippen MR) is 66.3 cm³/mol. The van der Waals surface area contributed by atoms with Crippen LogP contribution in [0.1, 0.15) is 44.9 Å². The summed E-state index contributed by atoms with van der Waals surface area (Å²) < 4.78 is 0. The molecular formula is C12H19N3O4. The molecule has 0 aromatic carbocycles. The van der Waals surface area contributed by atoms with Gasteiger partial charge < -0.3 is 11.5 Å². The van der Waals surface area contributed by atoms with Gasteiger partial charge in [0.05, 0.1) is 0 Å². The Balaban J connectivity index is 2.45. The highest BCUT2D eigenvalue weighted by Gasteiger charge is 2.37.